The van der Waals surface area contributed by atoms with Crippen molar-refractivity contribution in [2.75, 3.05) is 25.8 Å². The minimum Gasteiger partial charge on any atom is -0.483 e. The van der Waals surface area contributed by atoms with Crippen molar-refractivity contribution in [2.45, 2.75) is 25.4 Å². The van der Waals surface area contributed by atoms with Gasteiger partial charge in [0.25, 0.3) is 5.92 Å². The Balaban J connectivity index is 1.25. The van der Waals surface area contributed by atoms with E-state index in [9.17, 15) is 8.78 Å². The highest BCUT2D eigenvalue weighted by Crippen LogP contribution is 2.36. The molecule has 0 radical (unpaired) electrons. The van der Waals surface area contributed by atoms with Crippen LogP contribution in [0.4, 0.5) is 14.6 Å². The largest absolute Gasteiger partial charge is 0.483 e. The van der Waals surface area contributed by atoms with Gasteiger partial charge in [-0.1, -0.05) is 6.07 Å². The third kappa shape index (κ3) is 4.45. The second-order valence-corrected chi connectivity index (χ2v) is 9.17. The van der Waals surface area contributed by atoms with Crippen molar-refractivity contribution in [1.29, 1.82) is 0 Å². The van der Waals surface area contributed by atoms with Crippen molar-refractivity contribution in [3.05, 3.63) is 66.6 Å². The predicted molar refractivity (Wildman–Crippen MR) is 139 cm³/mol. The number of nitrogens with two attached hydrogens (primary N) is 1. The number of fused-ring (bicyclic) bond motifs is 2. The van der Waals surface area contributed by atoms with Crippen LogP contribution in [-0.4, -0.2) is 61.6 Å². The molecule has 1 aliphatic rings. The summed E-state index contributed by atoms with van der Waals surface area (Å²) in [5.74, 6) is -1.61. The molecule has 6 rings (SSSR count). The molecule has 0 aliphatic carbocycles. The van der Waals surface area contributed by atoms with Crippen LogP contribution in [0.25, 0.3) is 27.9 Å². The second kappa shape index (κ2) is 9.18. The van der Waals surface area contributed by atoms with Crippen LogP contribution in [0.1, 0.15) is 16.1 Å². The minimum absolute atomic E-state index is 0.0497. The molecule has 0 bridgehead atoms. The summed E-state index contributed by atoms with van der Waals surface area (Å²) in [5, 5.41) is 4.39. The summed E-state index contributed by atoms with van der Waals surface area (Å²) < 4.78 is 65.5. The number of pyridine rings is 1. The van der Waals surface area contributed by atoms with E-state index in [2.05, 4.69) is 20.1 Å². The van der Waals surface area contributed by atoms with Crippen molar-refractivity contribution in [3.63, 3.8) is 0 Å². The Morgan fingerprint density at radius 3 is 2.84 bits per heavy atom. The normalized spacial score (nSPS) is 19.1. The number of alkyl halides is 2. The summed E-state index contributed by atoms with van der Waals surface area (Å²) >= 11 is 0. The van der Waals surface area contributed by atoms with Gasteiger partial charge < -0.3 is 20.1 Å². The van der Waals surface area contributed by atoms with Gasteiger partial charge in [0, 0.05) is 34.9 Å². The summed E-state index contributed by atoms with van der Waals surface area (Å²) in [7, 11) is 0. The lowest BCUT2D eigenvalue weighted by molar-refractivity contribution is -0.134. The average Bonchev–Trinajstić information content (AvgIpc) is 3.38. The fourth-order valence-electron chi connectivity index (χ4n) is 4.51. The number of ether oxygens (including phenoxy) is 2. The Labute approximate surface area is 221 Å². The van der Waals surface area contributed by atoms with Gasteiger partial charge in [0.1, 0.15) is 29.4 Å². The molecule has 1 aliphatic heterocycles. The topological polar surface area (TPSA) is 104 Å². The third-order valence-electron chi connectivity index (χ3n) is 6.43. The molecule has 194 valence electrons. The van der Waals surface area contributed by atoms with E-state index in [1.165, 1.54) is 12.4 Å². The molecule has 1 fully saturated rings. The van der Waals surface area contributed by atoms with E-state index in [1.54, 1.807) is 47.1 Å². The number of halogens is 2. The molecule has 0 saturated carbocycles. The molecule has 9 nitrogen and oxygen atoms in total. The molecular formula is C27H25F2N7O2. The van der Waals surface area contributed by atoms with Crippen molar-refractivity contribution in [3.8, 4) is 28.6 Å². The average molecular weight is 521 g/mol. The van der Waals surface area contributed by atoms with Gasteiger partial charge >= 0.3 is 0 Å². The van der Waals surface area contributed by atoms with E-state index in [4.69, 9.17) is 19.3 Å². The quantitative estimate of drug-likeness (QED) is 0.354. The van der Waals surface area contributed by atoms with Gasteiger partial charge in [-0.3, -0.25) is 0 Å². The van der Waals surface area contributed by atoms with Gasteiger partial charge in [-0.25, -0.2) is 28.2 Å². The Morgan fingerprint density at radius 1 is 1.13 bits per heavy atom. The molecule has 4 heterocycles. The number of nitrogens with zero attached hydrogens (tertiary/aromatic N) is 6. The Morgan fingerprint density at radius 2 is 2.03 bits per heavy atom. The van der Waals surface area contributed by atoms with Crippen molar-refractivity contribution in [1.82, 2.24) is 29.5 Å². The van der Waals surface area contributed by atoms with E-state index in [0.29, 0.717) is 39.4 Å². The Kier molecular flexibility index (Phi) is 4.99. The van der Waals surface area contributed by atoms with Gasteiger partial charge in [-0.15, -0.1) is 0 Å². The van der Waals surface area contributed by atoms with E-state index >= 15 is 0 Å². The number of likely N-dealkylation sites (tertiary alicyclic amines) is 1. The summed E-state index contributed by atoms with van der Waals surface area (Å²) in [6.07, 6.45) is 1.53. The molecule has 2 N–H and O–H groups in total. The Hall–Kier alpha value is -4.38. The lowest BCUT2D eigenvalue weighted by Gasteiger charge is -2.36. The van der Waals surface area contributed by atoms with Crippen LogP contribution in [0.2, 0.25) is 0 Å². The van der Waals surface area contributed by atoms with Crippen LogP contribution in [0.15, 0.2) is 61.1 Å². The summed E-state index contributed by atoms with van der Waals surface area (Å²) in [4.78, 5) is 14.0. The maximum atomic E-state index is 14.9. The zero-order valence-corrected chi connectivity index (χ0v) is 20.3. The number of hydrogen-bond donors (Lipinski definition) is 1. The van der Waals surface area contributed by atoms with Crippen LogP contribution in [0.5, 0.6) is 17.2 Å². The first kappa shape index (κ1) is 20.7. The molecule has 1 saturated heterocycles. The van der Waals surface area contributed by atoms with Gasteiger partial charge in [-0.2, -0.15) is 5.10 Å². The van der Waals surface area contributed by atoms with Crippen molar-refractivity contribution in [2.24, 2.45) is 0 Å². The fourth-order valence-corrected chi connectivity index (χ4v) is 4.51. The van der Waals surface area contributed by atoms with Crippen LogP contribution in [-0.2, 0) is 0 Å². The first-order valence-electron chi connectivity index (χ1n) is 13.4. The van der Waals surface area contributed by atoms with Gasteiger partial charge in [0.05, 0.1) is 17.4 Å². The first-order chi connectivity index (χ1) is 19.5. The minimum atomic E-state index is -3.38. The molecular weight excluding hydrogens is 492 g/mol. The van der Waals surface area contributed by atoms with Crippen molar-refractivity contribution < 1.29 is 22.4 Å². The Bertz CT molecular complexity index is 1760. The lowest BCUT2D eigenvalue weighted by atomic mass is 10.0. The standard InChI is InChI=1S/C27H25F2N7O2/c1-16-12-17(6-7-20(16)37-18-8-11-36-23(13-18)31-15-32-36)26-33-19-4-3-5-21(24(19)25(30)34-26)38-22-9-10-35(2)14-27(22,28)29/h3-8,11-13,15,22H,9-10,14H2,1-2H3,(H2,30,33,34)/i2D3. The highest BCUT2D eigenvalue weighted by Gasteiger charge is 2.45. The van der Waals surface area contributed by atoms with Crippen LogP contribution in [0, 0.1) is 6.92 Å². The number of aromatic nitrogens is 5. The first-order valence-corrected chi connectivity index (χ1v) is 11.9. The van der Waals surface area contributed by atoms with E-state index in [0.717, 1.165) is 10.5 Å². The summed E-state index contributed by atoms with van der Waals surface area (Å²) in [6, 6.07) is 13.9. The van der Waals surface area contributed by atoms with Gasteiger partial charge in [-0.05, 0) is 55.9 Å². The van der Waals surface area contributed by atoms with Gasteiger partial charge in [0.15, 0.2) is 17.6 Å². The number of aryl methyl sites for hydroxylation is 1. The molecule has 2 aromatic carbocycles. The molecule has 5 aromatic rings. The monoisotopic (exact) mass is 520 g/mol. The number of hydrogen-bond acceptors (Lipinski definition) is 8. The molecule has 0 amide bonds. The van der Waals surface area contributed by atoms with Crippen LogP contribution < -0.4 is 15.2 Å². The van der Waals surface area contributed by atoms with Crippen LogP contribution >= 0.6 is 0 Å². The number of rotatable bonds is 5. The highest BCUT2D eigenvalue weighted by molar-refractivity contribution is 5.95. The summed E-state index contributed by atoms with van der Waals surface area (Å²) in [5.41, 5.74) is 8.91. The zero-order valence-electron chi connectivity index (χ0n) is 23.3. The second-order valence-electron chi connectivity index (χ2n) is 9.17. The van der Waals surface area contributed by atoms with E-state index in [1.807, 2.05) is 13.0 Å². The predicted octanol–water partition coefficient (Wildman–Crippen LogP) is 4.74. The number of piperidine rings is 1. The zero-order chi connectivity index (χ0) is 28.9. The molecule has 1 atom stereocenters. The van der Waals surface area contributed by atoms with Crippen molar-refractivity contribution >= 4 is 22.4 Å². The molecule has 1 unspecified atom stereocenters. The number of benzene rings is 2. The fraction of sp³-hybridized carbons (Fsp3) is 0.259. The maximum absolute atomic E-state index is 14.9. The number of anilines is 1. The smallest absolute Gasteiger partial charge is 0.296 e. The van der Waals surface area contributed by atoms with Gasteiger partial charge in [0.2, 0.25) is 0 Å². The number of nitrogen functional groups attached to an aromatic ring is 1. The van der Waals surface area contributed by atoms with E-state index < -0.39 is 25.5 Å². The lowest BCUT2D eigenvalue weighted by Crippen LogP contribution is -2.52. The molecule has 38 heavy (non-hydrogen) atoms. The summed E-state index contributed by atoms with van der Waals surface area (Å²) in [6.45, 7) is -1.69. The van der Waals surface area contributed by atoms with E-state index in [-0.39, 0.29) is 24.5 Å². The maximum Gasteiger partial charge on any atom is 0.296 e. The molecule has 3 aromatic heterocycles. The third-order valence-corrected chi connectivity index (χ3v) is 6.43. The van der Waals surface area contributed by atoms with Crippen LogP contribution in [0.3, 0.4) is 0 Å². The highest BCUT2D eigenvalue weighted by atomic mass is 19.3. The SMILES string of the molecule is [2H]C([2H])([2H])N1CCC(Oc2cccc3nc(-c4ccc(Oc5ccn6ncnc6c5)c(C)c4)nc(N)c23)C(F)(F)C1. The molecule has 11 heteroatoms. The molecule has 0 spiro atoms.